The smallest absolute Gasteiger partial charge is 0.325 e. The summed E-state index contributed by atoms with van der Waals surface area (Å²) >= 11 is 0. The lowest BCUT2D eigenvalue weighted by Gasteiger charge is -2.22. The molecule has 2 N–H and O–H groups in total. The lowest BCUT2D eigenvalue weighted by Crippen LogP contribution is -2.20. The fourth-order valence-electron chi connectivity index (χ4n) is 2.48. The van der Waals surface area contributed by atoms with Crippen LogP contribution < -0.4 is 15.4 Å². The zero-order valence-electron chi connectivity index (χ0n) is 15.4. The Balaban J connectivity index is 1.80. The van der Waals surface area contributed by atoms with Crippen molar-refractivity contribution in [2.75, 3.05) is 10.6 Å². The highest BCUT2D eigenvalue weighted by molar-refractivity contribution is 5.99. The minimum absolute atomic E-state index is 0.0949. The van der Waals surface area contributed by atoms with Crippen molar-refractivity contribution in [3.05, 3.63) is 66.7 Å². The van der Waals surface area contributed by atoms with Crippen LogP contribution in [0.25, 0.3) is 0 Å². The van der Waals surface area contributed by atoms with Crippen LogP contribution in [0.1, 0.15) is 26.3 Å². The first kappa shape index (κ1) is 18.3. The van der Waals surface area contributed by atoms with Gasteiger partial charge in [0.25, 0.3) is 0 Å². The van der Waals surface area contributed by atoms with Crippen LogP contribution in [0.15, 0.2) is 61.2 Å². The fraction of sp³-hybridized carbons (Fsp3) is 0.200. The zero-order valence-corrected chi connectivity index (χ0v) is 15.4. The molecule has 2 amide bonds. The Hall–Kier alpha value is -3.48. The van der Waals surface area contributed by atoms with Crippen molar-refractivity contribution in [2.24, 2.45) is 0 Å². The number of carbonyl (C=O) groups is 1. The molecule has 0 saturated carbocycles. The Morgan fingerprint density at radius 3 is 2.52 bits per heavy atom. The van der Waals surface area contributed by atoms with Crippen molar-refractivity contribution >= 4 is 17.5 Å². The van der Waals surface area contributed by atoms with Gasteiger partial charge in [0, 0.05) is 24.2 Å². The van der Waals surface area contributed by atoms with Crippen LogP contribution in [0.2, 0.25) is 0 Å². The van der Waals surface area contributed by atoms with Gasteiger partial charge < -0.3 is 10.1 Å². The molecule has 138 valence electrons. The summed E-state index contributed by atoms with van der Waals surface area (Å²) in [5, 5.41) is 5.34. The molecule has 0 unspecified atom stereocenters. The second-order valence-electron chi connectivity index (χ2n) is 6.87. The lowest BCUT2D eigenvalue weighted by molar-refractivity contribution is 0.262. The van der Waals surface area contributed by atoms with E-state index in [0.717, 1.165) is 5.56 Å². The summed E-state index contributed by atoms with van der Waals surface area (Å²) in [6.07, 6.45) is 6.10. The first-order chi connectivity index (χ1) is 12.9. The van der Waals surface area contributed by atoms with Crippen LogP contribution in [0.4, 0.5) is 16.3 Å². The van der Waals surface area contributed by atoms with Crippen molar-refractivity contribution in [1.29, 1.82) is 0 Å². The minimum Gasteiger partial charge on any atom is -0.437 e. The van der Waals surface area contributed by atoms with Gasteiger partial charge in [-0.05, 0) is 23.6 Å². The van der Waals surface area contributed by atoms with E-state index in [9.17, 15) is 4.79 Å². The number of carbonyl (C=O) groups excluding carboxylic acids is 1. The number of nitrogens with zero attached hydrogens (tertiary/aromatic N) is 3. The zero-order chi connectivity index (χ0) is 19.3. The predicted molar refractivity (Wildman–Crippen MR) is 104 cm³/mol. The van der Waals surface area contributed by atoms with Gasteiger partial charge in [-0.15, -0.1) is 0 Å². The number of urea groups is 1. The maximum absolute atomic E-state index is 12.2. The summed E-state index contributed by atoms with van der Waals surface area (Å²) in [5.74, 6) is 1.35. The summed E-state index contributed by atoms with van der Waals surface area (Å²) in [5.41, 5.74) is 1.40. The number of amides is 2. The van der Waals surface area contributed by atoms with E-state index in [4.69, 9.17) is 4.74 Å². The fourth-order valence-corrected chi connectivity index (χ4v) is 2.48. The third-order valence-electron chi connectivity index (χ3n) is 3.73. The largest absolute Gasteiger partial charge is 0.437 e. The number of hydrogen-bond acceptors (Lipinski definition) is 5. The Labute approximate surface area is 157 Å². The van der Waals surface area contributed by atoms with Crippen molar-refractivity contribution in [3.8, 4) is 11.6 Å². The quantitative estimate of drug-likeness (QED) is 0.707. The molecule has 7 nitrogen and oxygen atoms in total. The molecule has 0 aliphatic rings. The number of benzene rings is 1. The first-order valence-electron chi connectivity index (χ1n) is 8.50. The molecule has 0 bridgehead atoms. The van der Waals surface area contributed by atoms with Gasteiger partial charge in [0.2, 0.25) is 5.88 Å². The van der Waals surface area contributed by atoms with Gasteiger partial charge in [-0.1, -0.05) is 39.0 Å². The Morgan fingerprint density at radius 2 is 1.78 bits per heavy atom. The van der Waals surface area contributed by atoms with Gasteiger partial charge >= 0.3 is 6.03 Å². The maximum atomic E-state index is 12.2. The van der Waals surface area contributed by atoms with Crippen LogP contribution in [0, 0.1) is 0 Å². The molecule has 3 rings (SSSR count). The number of aromatic nitrogens is 3. The summed E-state index contributed by atoms with van der Waals surface area (Å²) in [6, 6.07) is 10.8. The predicted octanol–water partition coefficient (Wildman–Crippen LogP) is 4.61. The number of pyridine rings is 1. The van der Waals surface area contributed by atoms with Crippen molar-refractivity contribution < 1.29 is 9.53 Å². The lowest BCUT2D eigenvalue weighted by atomic mass is 9.86. The Bertz CT molecular complexity index is 923. The van der Waals surface area contributed by atoms with Crippen molar-refractivity contribution in [3.63, 3.8) is 0 Å². The molecule has 0 atom stereocenters. The van der Waals surface area contributed by atoms with Gasteiger partial charge in [-0.25, -0.2) is 14.8 Å². The highest BCUT2D eigenvalue weighted by atomic mass is 16.5. The van der Waals surface area contributed by atoms with Crippen LogP contribution in [-0.4, -0.2) is 21.0 Å². The molecular weight excluding hydrogens is 342 g/mol. The average Bonchev–Trinajstić information content (AvgIpc) is 2.64. The molecule has 0 fully saturated rings. The van der Waals surface area contributed by atoms with Crippen LogP contribution in [0.3, 0.4) is 0 Å². The molecule has 0 aliphatic carbocycles. The van der Waals surface area contributed by atoms with Crippen molar-refractivity contribution in [1.82, 2.24) is 15.0 Å². The third kappa shape index (κ3) is 4.78. The van der Waals surface area contributed by atoms with Crippen LogP contribution >= 0.6 is 0 Å². The molecule has 2 aromatic heterocycles. The highest BCUT2D eigenvalue weighted by Crippen LogP contribution is 2.35. The standard InChI is InChI=1S/C20H21N5O2/c1-20(2,3)14-7-4-5-9-16(14)27-18-15(8-6-10-23-18)24-19(26)25-17-13-21-11-12-22-17/h4-13H,1-3H3,(H2,22,24,25,26). The van der Waals surface area contributed by atoms with Crippen LogP contribution in [0.5, 0.6) is 11.6 Å². The van der Waals surface area contributed by atoms with E-state index in [2.05, 4.69) is 46.4 Å². The summed E-state index contributed by atoms with van der Waals surface area (Å²) in [7, 11) is 0. The topological polar surface area (TPSA) is 89.0 Å². The van der Waals surface area contributed by atoms with E-state index < -0.39 is 6.03 Å². The number of anilines is 2. The SMILES string of the molecule is CC(C)(C)c1ccccc1Oc1ncccc1NC(=O)Nc1cnccn1. The second-order valence-corrected chi connectivity index (χ2v) is 6.87. The van der Waals surface area contributed by atoms with Gasteiger partial charge in [-0.3, -0.25) is 10.3 Å². The van der Waals surface area contributed by atoms with Gasteiger partial charge in [0.15, 0.2) is 5.82 Å². The molecule has 27 heavy (non-hydrogen) atoms. The van der Waals surface area contributed by atoms with E-state index in [1.165, 1.54) is 18.6 Å². The molecule has 0 spiro atoms. The van der Waals surface area contributed by atoms with E-state index in [-0.39, 0.29) is 5.41 Å². The van der Waals surface area contributed by atoms with E-state index >= 15 is 0 Å². The first-order valence-corrected chi connectivity index (χ1v) is 8.50. The van der Waals surface area contributed by atoms with Gasteiger partial charge in [0.1, 0.15) is 11.4 Å². The molecular formula is C20H21N5O2. The second kappa shape index (κ2) is 7.82. The minimum atomic E-state index is -0.461. The third-order valence-corrected chi connectivity index (χ3v) is 3.73. The number of rotatable bonds is 4. The molecule has 7 heteroatoms. The van der Waals surface area contributed by atoms with E-state index in [1.807, 2.05) is 24.3 Å². The number of para-hydroxylation sites is 1. The number of ether oxygens (including phenoxy) is 1. The Kier molecular flexibility index (Phi) is 5.30. The van der Waals surface area contributed by atoms with Gasteiger partial charge in [0.05, 0.1) is 6.20 Å². The highest BCUT2D eigenvalue weighted by Gasteiger charge is 2.20. The average molecular weight is 363 g/mol. The monoisotopic (exact) mass is 363 g/mol. The molecule has 0 aliphatic heterocycles. The molecule has 0 radical (unpaired) electrons. The molecule has 1 aromatic carbocycles. The summed E-state index contributed by atoms with van der Waals surface area (Å²) in [6.45, 7) is 6.34. The normalized spacial score (nSPS) is 10.9. The summed E-state index contributed by atoms with van der Waals surface area (Å²) in [4.78, 5) is 24.4. The molecule has 2 heterocycles. The molecule has 3 aromatic rings. The number of nitrogens with one attached hydrogen (secondary N) is 2. The van der Waals surface area contributed by atoms with Crippen molar-refractivity contribution in [2.45, 2.75) is 26.2 Å². The Morgan fingerprint density at radius 1 is 0.963 bits per heavy atom. The van der Waals surface area contributed by atoms with Gasteiger partial charge in [-0.2, -0.15) is 0 Å². The van der Waals surface area contributed by atoms with E-state index in [0.29, 0.717) is 23.1 Å². The number of hydrogen-bond donors (Lipinski definition) is 2. The summed E-state index contributed by atoms with van der Waals surface area (Å²) < 4.78 is 6.04. The maximum Gasteiger partial charge on any atom is 0.325 e. The van der Waals surface area contributed by atoms with E-state index in [1.54, 1.807) is 18.3 Å². The van der Waals surface area contributed by atoms with Crippen LogP contribution in [-0.2, 0) is 5.41 Å². The molecule has 0 saturated heterocycles.